The highest BCUT2D eigenvalue weighted by molar-refractivity contribution is 6.30. The molecule has 0 radical (unpaired) electrons. The number of likely N-dealkylation sites (tertiary alicyclic amines) is 1. The number of carbonyl (C=O) groups is 3. The van der Waals surface area contributed by atoms with Crippen molar-refractivity contribution in [1.82, 2.24) is 20.5 Å². The molecule has 0 saturated carbocycles. The van der Waals surface area contributed by atoms with Crippen molar-refractivity contribution < 1.29 is 19.1 Å². The average molecular weight is 642 g/mol. The number of nitrogens with zero attached hydrogens (tertiary/aromatic N) is 2. The van der Waals surface area contributed by atoms with Gasteiger partial charge in [-0.2, -0.15) is 0 Å². The van der Waals surface area contributed by atoms with E-state index in [2.05, 4.69) is 15.6 Å². The lowest BCUT2D eigenvalue weighted by molar-refractivity contribution is -0.131. The number of carbonyl (C=O) groups excluding carboxylic acids is 3. The number of hydrogen-bond donors (Lipinski definition) is 3. The van der Waals surface area contributed by atoms with E-state index in [0.29, 0.717) is 43.9 Å². The van der Waals surface area contributed by atoms with Crippen LogP contribution in [0.1, 0.15) is 29.5 Å². The molecule has 0 bridgehead atoms. The van der Waals surface area contributed by atoms with Gasteiger partial charge in [0.25, 0.3) is 0 Å². The maximum Gasteiger partial charge on any atom is 0.410 e. The monoisotopic (exact) mass is 641 g/mol. The standard InChI is InChI=1S/C36H40ClN5O4/c1-38-20-25-17-27-18-29(37)11-12-33(27)42(22-25)35(44)32(19-28-21-39-31-10-6-5-9-30(28)31)40-34(43)26-13-15-41(16-14-26)36(45)46-23-24-7-3-2-4-8-24/h2-12,18,21,25-26,32,38-39H,13-17,19-20,22-23H2,1H3,(H,40,43)/t25?,32-/m1/s1. The van der Waals surface area contributed by atoms with Crippen molar-refractivity contribution in [2.75, 3.05) is 38.1 Å². The Kier molecular flexibility index (Phi) is 9.90. The van der Waals surface area contributed by atoms with Gasteiger partial charge < -0.3 is 30.2 Å². The number of fused-ring (bicyclic) bond motifs is 2. The molecule has 6 rings (SSSR count). The molecular formula is C36H40ClN5O4. The summed E-state index contributed by atoms with van der Waals surface area (Å²) < 4.78 is 5.50. The van der Waals surface area contributed by atoms with Crippen molar-refractivity contribution in [3.8, 4) is 0 Å². The van der Waals surface area contributed by atoms with Crippen LogP contribution in [0.15, 0.2) is 79.0 Å². The van der Waals surface area contributed by atoms with Gasteiger partial charge in [-0.25, -0.2) is 4.79 Å². The van der Waals surface area contributed by atoms with Crippen LogP contribution in [0.5, 0.6) is 0 Å². The highest BCUT2D eigenvalue weighted by Crippen LogP contribution is 2.33. The molecule has 46 heavy (non-hydrogen) atoms. The molecular weight excluding hydrogens is 602 g/mol. The van der Waals surface area contributed by atoms with E-state index in [-0.39, 0.29) is 36.4 Å². The number of piperidine rings is 1. The number of aromatic nitrogens is 1. The van der Waals surface area contributed by atoms with Gasteiger partial charge >= 0.3 is 6.09 Å². The third-order valence-electron chi connectivity index (χ3n) is 9.08. The zero-order chi connectivity index (χ0) is 32.0. The number of amides is 3. The van der Waals surface area contributed by atoms with Crippen LogP contribution in [-0.2, 0) is 33.8 Å². The quantitative estimate of drug-likeness (QED) is 0.229. The first-order valence-electron chi connectivity index (χ1n) is 15.9. The molecule has 3 amide bonds. The molecule has 3 heterocycles. The number of para-hydroxylation sites is 1. The van der Waals surface area contributed by atoms with Gasteiger partial charge in [-0.3, -0.25) is 9.59 Å². The summed E-state index contributed by atoms with van der Waals surface area (Å²) in [5.41, 5.74) is 4.73. The normalized spacial score (nSPS) is 17.4. The van der Waals surface area contributed by atoms with E-state index in [1.807, 2.05) is 90.9 Å². The fourth-order valence-corrected chi connectivity index (χ4v) is 6.87. The average Bonchev–Trinajstić information content (AvgIpc) is 3.49. The molecule has 1 aromatic heterocycles. The fraction of sp³-hybridized carbons (Fsp3) is 0.361. The molecule has 4 aromatic rings. The van der Waals surface area contributed by atoms with E-state index in [9.17, 15) is 14.4 Å². The van der Waals surface area contributed by atoms with Gasteiger partial charge in [0.05, 0.1) is 0 Å². The maximum absolute atomic E-state index is 14.5. The number of benzene rings is 3. The molecule has 9 nitrogen and oxygen atoms in total. The molecule has 1 unspecified atom stereocenters. The Labute approximate surface area is 274 Å². The first-order valence-corrected chi connectivity index (χ1v) is 16.3. The summed E-state index contributed by atoms with van der Waals surface area (Å²) in [6.07, 6.45) is 3.69. The van der Waals surface area contributed by atoms with Crippen LogP contribution in [0.25, 0.3) is 10.9 Å². The molecule has 0 aliphatic carbocycles. The van der Waals surface area contributed by atoms with Crippen molar-refractivity contribution >= 4 is 46.1 Å². The topological polar surface area (TPSA) is 107 Å². The Bertz CT molecular complexity index is 1680. The van der Waals surface area contributed by atoms with Crippen LogP contribution < -0.4 is 15.5 Å². The van der Waals surface area contributed by atoms with Crippen LogP contribution in [0.3, 0.4) is 0 Å². The predicted octanol–water partition coefficient (Wildman–Crippen LogP) is 5.32. The van der Waals surface area contributed by atoms with Crippen molar-refractivity contribution in [3.63, 3.8) is 0 Å². The first kappa shape index (κ1) is 31.6. The van der Waals surface area contributed by atoms with E-state index >= 15 is 0 Å². The number of hydrogen-bond acceptors (Lipinski definition) is 5. The van der Waals surface area contributed by atoms with Crippen LogP contribution in [0, 0.1) is 11.8 Å². The summed E-state index contributed by atoms with van der Waals surface area (Å²) in [7, 11) is 1.91. The van der Waals surface area contributed by atoms with E-state index in [1.165, 1.54) is 0 Å². The number of anilines is 1. The second kappa shape index (κ2) is 14.4. The van der Waals surface area contributed by atoms with Crippen LogP contribution in [0.4, 0.5) is 10.5 Å². The van der Waals surface area contributed by atoms with Crippen LogP contribution in [0.2, 0.25) is 5.02 Å². The highest BCUT2D eigenvalue weighted by Gasteiger charge is 2.36. The number of H-pyrrole nitrogens is 1. The number of rotatable bonds is 9. The molecule has 2 atom stereocenters. The molecule has 2 aliphatic heterocycles. The Morgan fingerprint density at radius 2 is 1.78 bits per heavy atom. The Hall–Kier alpha value is -4.34. The lowest BCUT2D eigenvalue weighted by atomic mass is 9.91. The van der Waals surface area contributed by atoms with Gasteiger partial charge in [-0.1, -0.05) is 60.1 Å². The lowest BCUT2D eigenvalue weighted by Crippen LogP contribution is -2.54. The third-order valence-corrected chi connectivity index (χ3v) is 9.32. The number of nitrogens with one attached hydrogen (secondary N) is 3. The van der Waals surface area contributed by atoms with E-state index in [0.717, 1.165) is 46.2 Å². The predicted molar refractivity (Wildman–Crippen MR) is 180 cm³/mol. The second-order valence-electron chi connectivity index (χ2n) is 12.3. The molecule has 2 aliphatic rings. The molecule has 10 heteroatoms. The van der Waals surface area contributed by atoms with E-state index in [4.69, 9.17) is 16.3 Å². The van der Waals surface area contributed by atoms with Gasteiger partial charge in [0.2, 0.25) is 11.8 Å². The molecule has 240 valence electrons. The fourth-order valence-electron chi connectivity index (χ4n) is 6.68. The van der Waals surface area contributed by atoms with Crippen LogP contribution in [-0.4, -0.2) is 67.1 Å². The Balaban J connectivity index is 1.17. The van der Waals surface area contributed by atoms with Crippen molar-refractivity contribution in [1.29, 1.82) is 0 Å². The summed E-state index contributed by atoms with van der Waals surface area (Å²) >= 11 is 6.36. The maximum atomic E-state index is 14.5. The van der Waals surface area contributed by atoms with Gasteiger partial charge in [-0.15, -0.1) is 0 Å². The van der Waals surface area contributed by atoms with Gasteiger partial charge in [0, 0.05) is 59.8 Å². The van der Waals surface area contributed by atoms with Gasteiger partial charge in [0.15, 0.2) is 0 Å². The van der Waals surface area contributed by atoms with E-state index in [1.54, 1.807) is 4.90 Å². The minimum atomic E-state index is -0.780. The molecule has 1 saturated heterocycles. The summed E-state index contributed by atoms with van der Waals surface area (Å²) in [4.78, 5) is 47.7. The van der Waals surface area contributed by atoms with Gasteiger partial charge in [-0.05, 0) is 79.7 Å². The van der Waals surface area contributed by atoms with Crippen molar-refractivity contribution in [3.05, 3.63) is 101 Å². The second-order valence-corrected chi connectivity index (χ2v) is 12.7. The van der Waals surface area contributed by atoms with Crippen LogP contribution >= 0.6 is 11.6 Å². The molecule has 0 spiro atoms. The SMILES string of the molecule is CNCC1Cc2cc(Cl)ccc2N(C(=O)[C@@H](Cc2c[nH]c3ccccc23)NC(=O)C2CCN(C(=O)OCc3ccccc3)CC2)C1. The zero-order valence-corrected chi connectivity index (χ0v) is 26.8. The largest absolute Gasteiger partial charge is 0.445 e. The van der Waals surface area contributed by atoms with E-state index < -0.39 is 6.04 Å². The minimum Gasteiger partial charge on any atom is -0.445 e. The number of ether oxygens (including phenoxy) is 1. The summed E-state index contributed by atoms with van der Waals surface area (Å²) in [6, 6.07) is 22.4. The molecule has 3 aromatic carbocycles. The summed E-state index contributed by atoms with van der Waals surface area (Å²) in [5, 5.41) is 8.05. The summed E-state index contributed by atoms with van der Waals surface area (Å²) in [6.45, 7) is 2.33. The van der Waals surface area contributed by atoms with Gasteiger partial charge in [0.1, 0.15) is 12.6 Å². The third kappa shape index (κ3) is 7.21. The highest BCUT2D eigenvalue weighted by atomic mass is 35.5. The van der Waals surface area contributed by atoms with Crippen molar-refractivity contribution in [2.45, 2.75) is 38.3 Å². The lowest BCUT2D eigenvalue weighted by Gasteiger charge is -2.37. The zero-order valence-electron chi connectivity index (χ0n) is 26.0. The smallest absolute Gasteiger partial charge is 0.410 e. The first-order chi connectivity index (χ1) is 22.4. The Morgan fingerprint density at radius 3 is 2.57 bits per heavy atom. The molecule has 1 fully saturated rings. The molecule has 3 N–H and O–H groups in total. The van der Waals surface area contributed by atoms with Crippen molar-refractivity contribution in [2.24, 2.45) is 11.8 Å². The summed E-state index contributed by atoms with van der Waals surface area (Å²) in [5.74, 6) is -0.434. The minimum absolute atomic E-state index is 0.148. The Morgan fingerprint density at radius 1 is 1.02 bits per heavy atom. The number of aromatic amines is 1. The number of halogens is 1.